The van der Waals surface area contributed by atoms with Gasteiger partial charge in [-0.15, -0.1) is 0 Å². The van der Waals surface area contributed by atoms with Gasteiger partial charge in [0, 0.05) is 25.7 Å². The third-order valence-electron chi connectivity index (χ3n) is 4.77. The maximum Gasteiger partial charge on any atom is 0.279 e. The Morgan fingerprint density at radius 3 is 2.43 bits per heavy atom. The predicted molar refractivity (Wildman–Crippen MR) is 110 cm³/mol. The van der Waals surface area contributed by atoms with Gasteiger partial charge in [-0.2, -0.15) is 9.30 Å². The van der Waals surface area contributed by atoms with E-state index >= 15 is 0 Å². The molecular weight excluding hydrogens is 418 g/mol. The van der Waals surface area contributed by atoms with Crippen LogP contribution in [0, 0.1) is 0 Å². The number of halogens is 1. The van der Waals surface area contributed by atoms with Crippen LogP contribution >= 0.6 is 22.9 Å². The van der Waals surface area contributed by atoms with Gasteiger partial charge in [0.2, 0.25) is 10.0 Å². The van der Waals surface area contributed by atoms with Crippen LogP contribution in [0.1, 0.15) is 23.2 Å². The van der Waals surface area contributed by atoms with Crippen LogP contribution < -0.4 is 4.80 Å². The van der Waals surface area contributed by atoms with Crippen LogP contribution in [-0.4, -0.2) is 36.3 Å². The van der Waals surface area contributed by atoms with Gasteiger partial charge in [-0.25, -0.2) is 8.42 Å². The first kappa shape index (κ1) is 19.3. The van der Waals surface area contributed by atoms with E-state index in [9.17, 15) is 13.2 Å². The van der Waals surface area contributed by atoms with E-state index in [4.69, 9.17) is 11.6 Å². The zero-order valence-corrected chi connectivity index (χ0v) is 17.5. The van der Waals surface area contributed by atoms with E-state index in [1.807, 2.05) is 19.2 Å². The van der Waals surface area contributed by atoms with Crippen molar-refractivity contribution >= 4 is 49.1 Å². The number of nitrogens with zero attached hydrogens (tertiary/aromatic N) is 3. The van der Waals surface area contributed by atoms with E-state index < -0.39 is 15.9 Å². The zero-order chi connectivity index (χ0) is 19.9. The van der Waals surface area contributed by atoms with Crippen molar-refractivity contribution in [1.29, 1.82) is 0 Å². The smallest absolute Gasteiger partial charge is 0.279 e. The summed E-state index contributed by atoms with van der Waals surface area (Å²) in [6.45, 7) is 1.09. The summed E-state index contributed by atoms with van der Waals surface area (Å²) in [4.78, 5) is 17.5. The summed E-state index contributed by atoms with van der Waals surface area (Å²) in [6.07, 6.45) is 1.76. The van der Waals surface area contributed by atoms with Crippen molar-refractivity contribution < 1.29 is 13.2 Å². The van der Waals surface area contributed by atoms with Crippen LogP contribution in [0.25, 0.3) is 10.2 Å². The van der Waals surface area contributed by atoms with Crippen LogP contribution in [0.4, 0.5) is 0 Å². The van der Waals surface area contributed by atoms with E-state index in [0.717, 1.165) is 23.1 Å². The van der Waals surface area contributed by atoms with Gasteiger partial charge in [-0.3, -0.25) is 4.79 Å². The molecule has 0 unspecified atom stereocenters. The number of para-hydroxylation sites is 1. The molecule has 1 amide bonds. The van der Waals surface area contributed by atoms with E-state index in [2.05, 4.69) is 4.99 Å². The van der Waals surface area contributed by atoms with E-state index in [1.54, 1.807) is 10.6 Å². The molecule has 4 rings (SSSR count). The van der Waals surface area contributed by atoms with Crippen molar-refractivity contribution in [2.24, 2.45) is 12.0 Å². The molecule has 146 valence electrons. The van der Waals surface area contributed by atoms with Crippen molar-refractivity contribution in [3.8, 4) is 0 Å². The normalized spacial score (nSPS) is 16.1. The molecule has 1 aliphatic rings. The fourth-order valence-electron chi connectivity index (χ4n) is 3.26. The Morgan fingerprint density at radius 2 is 1.79 bits per heavy atom. The lowest BCUT2D eigenvalue weighted by atomic mass is 10.2. The van der Waals surface area contributed by atoms with Crippen molar-refractivity contribution in [3.05, 3.63) is 57.9 Å². The summed E-state index contributed by atoms with van der Waals surface area (Å²) in [5.74, 6) is -0.427. The highest BCUT2D eigenvalue weighted by Gasteiger charge is 2.27. The molecule has 1 aromatic heterocycles. The molecule has 1 aliphatic heterocycles. The first-order valence-corrected chi connectivity index (χ1v) is 11.4. The number of hydrogen-bond acceptors (Lipinski definition) is 4. The van der Waals surface area contributed by atoms with Gasteiger partial charge in [0.15, 0.2) is 4.80 Å². The molecule has 9 heteroatoms. The molecule has 0 spiro atoms. The first-order valence-electron chi connectivity index (χ1n) is 8.81. The fourth-order valence-corrected chi connectivity index (χ4v) is 6.18. The van der Waals surface area contributed by atoms with Crippen molar-refractivity contribution in [2.45, 2.75) is 17.7 Å². The maximum atomic E-state index is 12.6. The summed E-state index contributed by atoms with van der Waals surface area (Å²) >= 11 is 7.62. The Morgan fingerprint density at radius 1 is 1.11 bits per heavy atom. The second-order valence-corrected chi connectivity index (χ2v) is 9.94. The number of aromatic nitrogens is 1. The van der Waals surface area contributed by atoms with Gasteiger partial charge in [0.1, 0.15) is 0 Å². The highest BCUT2D eigenvalue weighted by molar-refractivity contribution is 7.89. The second-order valence-electron chi connectivity index (χ2n) is 6.58. The van der Waals surface area contributed by atoms with Gasteiger partial charge in [0.25, 0.3) is 5.91 Å². The summed E-state index contributed by atoms with van der Waals surface area (Å²) < 4.78 is 29.4. The molecule has 0 N–H and O–H groups in total. The van der Waals surface area contributed by atoms with Crippen LogP contribution in [0.15, 0.2) is 52.4 Å². The number of carbonyl (C=O) groups is 1. The number of hydrogen-bond donors (Lipinski definition) is 0. The molecule has 3 aromatic rings. The van der Waals surface area contributed by atoms with Crippen LogP contribution in [-0.2, 0) is 17.1 Å². The van der Waals surface area contributed by atoms with Crippen molar-refractivity contribution in [3.63, 3.8) is 0 Å². The standard InChI is InChI=1S/C19H18ClN3O3S2/c1-22-17-15(20)5-4-6-16(17)27-19(22)21-18(24)13-7-9-14(10-8-13)28(25,26)23-11-2-3-12-23/h4-10H,2-3,11-12H2,1H3. The lowest BCUT2D eigenvalue weighted by molar-refractivity contribution is 0.0998. The van der Waals surface area contributed by atoms with Gasteiger partial charge in [-0.1, -0.05) is 29.0 Å². The lowest BCUT2D eigenvalue weighted by Crippen LogP contribution is -2.27. The molecule has 0 bridgehead atoms. The number of aryl methyl sites for hydroxylation is 1. The second kappa shape index (κ2) is 7.44. The third kappa shape index (κ3) is 3.41. The Labute approximate surface area is 171 Å². The molecule has 2 aromatic carbocycles. The van der Waals surface area contributed by atoms with Gasteiger partial charge in [0.05, 0.1) is 20.1 Å². The lowest BCUT2D eigenvalue weighted by Gasteiger charge is -2.15. The highest BCUT2D eigenvalue weighted by Crippen LogP contribution is 2.25. The largest absolute Gasteiger partial charge is 0.318 e. The highest BCUT2D eigenvalue weighted by atomic mass is 35.5. The van der Waals surface area contributed by atoms with Crippen molar-refractivity contribution in [1.82, 2.24) is 8.87 Å². The Kier molecular flexibility index (Phi) is 5.13. The average molecular weight is 436 g/mol. The van der Waals surface area contributed by atoms with Crippen LogP contribution in [0.2, 0.25) is 5.02 Å². The van der Waals surface area contributed by atoms with Crippen molar-refractivity contribution in [2.75, 3.05) is 13.1 Å². The molecule has 28 heavy (non-hydrogen) atoms. The molecule has 1 fully saturated rings. The fraction of sp³-hybridized carbons (Fsp3) is 0.263. The SMILES string of the molecule is Cn1c(=NC(=O)c2ccc(S(=O)(=O)N3CCCC3)cc2)sc2cccc(Cl)c21. The number of rotatable bonds is 3. The van der Waals surface area contributed by atoms with Gasteiger partial charge in [-0.05, 0) is 49.2 Å². The quantitative estimate of drug-likeness (QED) is 0.632. The zero-order valence-electron chi connectivity index (χ0n) is 15.1. The Hall–Kier alpha value is -2.00. The minimum Gasteiger partial charge on any atom is -0.318 e. The van der Waals surface area contributed by atoms with E-state index in [-0.39, 0.29) is 4.90 Å². The summed E-state index contributed by atoms with van der Waals surface area (Å²) in [5.41, 5.74) is 1.16. The first-order chi connectivity index (χ1) is 13.4. The summed E-state index contributed by atoms with van der Waals surface area (Å²) in [6, 6.07) is 11.5. The number of benzene rings is 2. The van der Waals surface area contributed by atoms with Gasteiger partial charge >= 0.3 is 0 Å². The number of thiazole rings is 1. The van der Waals surface area contributed by atoms with E-state index in [1.165, 1.54) is 39.9 Å². The molecular formula is C19H18ClN3O3S2. The van der Waals surface area contributed by atoms with Crippen LogP contribution in [0.5, 0.6) is 0 Å². The molecule has 0 saturated carbocycles. The molecule has 2 heterocycles. The third-order valence-corrected chi connectivity index (χ3v) is 8.09. The van der Waals surface area contributed by atoms with E-state index in [0.29, 0.717) is 28.5 Å². The molecule has 6 nitrogen and oxygen atoms in total. The average Bonchev–Trinajstić information content (AvgIpc) is 3.32. The minimum atomic E-state index is -3.49. The number of fused-ring (bicyclic) bond motifs is 1. The molecule has 0 aliphatic carbocycles. The topological polar surface area (TPSA) is 71.7 Å². The number of amides is 1. The van der Waals surface area contributed by atoms with Gasteiger partial charge < -0.3 is 4.57 Å². The summed E-state index contributed by atoms with van der Waals surface area (Å²) in [5, 5.41) is 0.599. The number of carbonyl (C=O) groups excluding carboxylic acids is 1. The summed E-state index contributed by atoms with van der Waals surface area (Å²) in [7, 11) is -1.69. The Bertz CT molecular complexity index is 1220. The molecule has 0 radical (unpaired) electrons. The van der Waals surface area contributed by atoms with Crippen LogP contribution in [0.3, 0.4) is 0 Å². The molecule has 0 atom stereocenters. The monoisotopic (exact) mass is 435 g/mol. The minimum absolute atomic E-state index is 0.199. The Balaban J connectivity index is 1.65. The number of sulfonamides is 1. The molecule has 1 saturated heterocycles. The predicted octanol–water partition coefficient (Wildman–Crippen LogP) is 3.42. The maximum absolute atomic E-state index is 12.6.